The number of fused-ring (bicyclic) bond motifs is 1. The van der Waals surface area contributed by atoms with Gasteiger partial charge in [0.15, 0.2) is 5.65 Å². The highest BCUT2D eigenvalue weighted by Crippen LogP contribution is 2.28. The van der Waals surface area contributed by atoms with Gasteiger partial charge in [-0.3, -0.25) is 0 Å². The summed E-state index contributed by atoms with van der Waals surface area (Å²) < 4.78 is 1.70. The van der Waals surface area contributed by atoms with Crippen LogP contribution < -0.4 is 5.32 Å². The van der Waals surface area contributed by atoms with Gasteiger partial charge in [-0.25, -0.2) is 9.50 Å². The van der Waals surface area contributed by atoms with Crippen molar-refractivity contribution in [3.63, 3.8) is 0 Å². The van der Waals surface area contributed by atoms with E-state index in [1.165, 1.54) is 6.42 Å². The third kappa shape index (κ3) is 2.10. The quantitative estimate of drug-likeness (QED) is 0.775. The Kier molecular flexibility index (Phi) is 2.48. The predicted octanol–water partition coefficient (Wildman–Crippen LogP) is 1.79. The molecule has 90 valence electrons. The summed E-state index contributed by atoms with van der Waals surface area (Å²) in [6.45, 7) is 0. The Balaban J connectivity index is 1.83. The zero-order valence-corrected chi connectivity index (χ0v) is 9.63. The Hall–Kier alpha value is -1.62. The number of nitrogens with one attached hydrogen (secondary N) is 1. The molecule has 0 aromatic carbocycles. The van der Waals surface area contributed by atoms with E-state index in [4.69, 9.17) is 0 Å². The first kappa shape index (κ1) is 10.5. The molecule has 5 nitrogen and oxygen atoms in total. The summed E-state index contributed by atoms with van der Waals surface area (Å²) in [7, 11) is 0. The average Bonchev–Trinajstić information content (AvgIpc) is 2.76. The molecular formula is C12H16N4O. The Morgan fingerprint density at radius 3 is 2.88 bits per heavy atom. The lowest BCUT2D eigenvalue weighted by Crippen LogP contribution is -2.40. The lowest BCUT2D eigenvalue weighted by molar-refractivity contribution is 0.0312. The monoisotopic (exact) mass is 232 g/mol. The van der Waals surface area contributed by atoms with Gasteiger partial charge in [-0.1, -0.05) is 6.42 Å². The summed E-state index contributed by atoms with van der Waals surface area (Å²) in [5, 5.41) is 17.9. The third-order valence-electron chi connectivity index (χ3n) is 3.30. The predicted molar refractivity (Wildman–Crippen MR) is 64.6 cm³/mol. The van der Waals surface area contributed by atoms with E-state index in [1.807, 2.05) is 12.1 Å². The van der Waals surface area contributed by atoms with Crippen LogP contribution in [-0.4, -0.2) is 25.4 Å². The van der Waals surface area contributed by atoms with Crippen LogP contribution in [0, 0.1) is 0 Å². The third-order valence-corrected chi connectivity index (χ3v) is 3.30. The molecule has 0 aliphatic heterocycles. The molecule has 1 aliphatic carbocycles. The summed E-state index contributed by atoms with van der Waals surface area (Å²) >= 11 is 0. The van der Waals surface area contributed by atoms with Gasteiger partial charge in [0.25, 0.3) is 0 Å². The van der Waals surface area contributed by atoms with E-state index in [0.29, 0.717) is 5.82 Å². The van der Waals surface area contributed by atoms with Crippen LogP contribution in [0.1, 0.15) is 32.1 Å². The standard InChI is InChI=1S/C12H16N4O/c17-12(6-2-1-3-7-12)14-10-4-5-11-13-8-9-16(11)15-10/h4-5,8-9,17H,1-3,6-7H2,(H,14,15). The second-order valence-electron chi connectivity index (χ2n) is 4.67. The zero-order valence-electron chi connectivity index (χ0n) is 9.63. The molecule has 1 saturated carbocycles. The second-order valence-corrected chi connectivity index (χ2v) is 4.67. The van der Waals surface area contributed by atoms with Gasteiger partial charge in [0.2, 0.25) is 0 Å². The molecule has 2 aromatic rings. The van der Waals surface area contributed by atoms with Crippen LogP contribution >= 0.6 is 0 Å². The number of hydrogen-bond donors (Lipinski definition) is 2. The van der Waals surface area contributed by atoms with E-state index < -0.39 is 5.72 Å². The zero-order chi connectivity index (χ0) is 11.7. The minimum Gasteiger partial charge on any atom is -0.371 e. The largest absolute Gasteiger partial charge is 0.371 e. The second kappa shape index (κ2) is 4.00. The fourth-order valence-corrected chi connectivity index (χ4v) is 2.38. The molecule has 0 spiro atoms. The van der Waals surface area contributed by atoms with Gasteiger partial charge in [-0.05, 0) is 37.8 Å². The van der Waals surface area contributed by atoms with Gasteiger partial charge < -0.3 is 10.4 Å². The van der Waals surface area contributed by atoms with Crippen molar-refractivity contribution in [1.82, 2.24) is 14.6 Å². The average molecular weight is 232 g/mol. The lowest BCUT2D eigenvalue weighted by Gasteiger charge is -2.33. The number of hydrogen-bond acceptors (Lipinski definition) is 4. The Morgan fingerprint density at radius 2 is 2.06 bits per heavy atom. The molecule has 0 saturated heterocycles. The van der Waals surface area contributed by atoms with Crippen LogP contribution in [0.3, 0.4) is 0 Å². The summed E-state index contributed by atoms with van der Waals surface area (Å²) in [5.41, 5.74) is 0.0191. The molecule has 0 atom stereocenters. The minimum atomic E-state index is -0.792. The van der Waals surface area contributed by atoms with Crippen LogP contribution in [0.15, 0.2) is 24.5 Å². The maximum absolute atomic E-state index is 10.4. The Morgan fingerprint density at radius 1 is 1.24 bits per heavy atom. The molecule has 2 aromatic heterocycles. The van der Waals surface area contributed by atoms with Crippen LogP contribution in [0.4, 0.5) is 5.82 Å². The maximum Gasteiger partial charge on any atom is 0.153 e. The minimum absolute atomic E-state index is 0.694. The van der Waals surface area contributed by atoms with Crippen LogP contribution in [-0.2, 0) is 0 Å². The van der Waals surface area contributed by atoms with E-state index in [9.17, 15) is 5.11 Å². The number of aliphatic hydroxyl groups is 1. The van der Waals surface area contributed by atoms with Crippen molar-refractivity contribution in [2.45, 2.75) is 37.8 Å². The van der Waals surface area contributed by atoms with E-state index in [2.05, 4.69) is 15.4 Å². The van der Waals surface area contributed by atoms with E-state index >= 15 is 0 Å². The normalized spacial score (nSPS) is 19.4. The van der Waals surface area contributed by atoms with Crippen LogP contribution in [0.5, 0.6) is 0 Å². The molecule has 2 heterocycles. The van der Waals surface area contributed by atoms with Gasteiger partial charge in [0.05, 0.1) is 0 Å². The molecule has 0 bridgehead atoms. The first-order chi connectivity index (χ1) is 8.25. The SMILES string of the molecule is OC1(Nc2ccc3nccn3n2)CCCCC1. The molecule has 17 heavy (non-hydrogen) atoms. The molecule has 2 N–H and O–H groups in total. The number of imidazole rings is 1. The van der Waals surface area contributed by atoms with Crippen molar-refractivity contribution in [3.05, 3.63) is 24.5 Å². The summed E-state index contributed by atoms with van der Waals surface area (Å²) in [5.74, 6) is 0.694. The van der Waals surface area contributed by atoms with Crippen molar-refractivity contribution in [3.8, 4) is 0 Å². The van der Waals surface area contributed by atoms with Crippen molar-refractivity contribution >= 4 is 11.5 Å². The maximum atomic E-state index is 10.4. The number of anilines is 1. The van der Waals surface area contributed by atoms with Crippen LogP contribution in [0.2, 0.25) is 0 Å². The van der Waals surface area contributed by atoms with Gasteiger partial charge in [-0.15, -0.1) is 5.10 Å². The Labute approximate surface area is 99.5 Å². The first-order valence-electron chi connectivity index (χ1n) is 6.06. The highest BCUT2D eigenvalue weighted by molar-refractivity contribution is 5.44. The molecule has 0 amide bonds. The number of rotatable bonds is 2. The molecular weight excluding hydrogens is 216 g/mol. The van der Waals surface area contributed by atoms with E-state index in [0.717, 1.165) is 31.3 Å². The van der Waals surface area contributed by atoms with Crippen LogP contribution in [0.25, 0.3) is 5.65 Å². The van der Waals surface area contributed by atoms with Gasteiger partial charge in [0.1, 0.15) is 11.5 Å². The molecule has 1 aliphatic rings. The van der Waals surface area contributed by atoms with E-state index in [-0.39, 0.29) is 0 Å². The van der Waals surface area contributed by atoms with Gasteiger partial charge in [-0.2, -0.15) is 0 Å². The number of nitrogens with zero attached hydrogens (tertiary/aromatic N) is 3. The Bertz CT molecular complexity index is 516. The highest BCUT2D eigenvalue weighted by Gasteiger charge is 2.29. The molecule has 5 heteroatoms. The summed E-state index contributed by atoms with van der Waals surface area (Å²) in [4.78, 5) is 4.13. The van der Waals surface area contributed by atoms with Crippen molar-refractivity contribution < 1.29 is 5.11 Å². The van der Waals surface area contributed by atoms with Gasteiger partial charge in [0, 0.05) is 12.4 Å². The summed E-state index contributed by atoms with van der Waals surface area (Å²) in [6, 6.07) is 3.75. The fourth-order valence-electron chi connectivity index (χ4n) is 2.38. The topological polar surface area (TPSA) is 62.5 Å². The van der Waals surface area contributed by atoms with Crippen molar-refractivity contribution in [2.75, 3.05) is 5.32 Å². The highest BCUT2D eigenvalue weighted by atomic mass is 16.3. The number of aromatic nitrogens is 3. The molecule has 3 rings (SSSR count). The lowest BCUT2D eigenvalue weighted by atomic mass is 9.92. The van der Waals surface area contributed by atoms with E-state index in [1.54, 1.807) is 16.9 Å². The smallest absolute Gasteiger partial charge is 0.153 e. The summed E-state index contributed by atoms with van der Waals surface area (Å²) in [6.07, 6.45) is 8.42. The van der Waals surface area contributed by atoms with Crippen molar-refractivity contribution in [2.24, 2.45) is 0 Å². The van der Waals surface area contributed by atoms with Crippen molar-refractivity contribution in [1.29, 1.82) is 0 Å². The van der Waals surface area contributed by atoms with Gasteiger partial charge >= 0.3 is 0 Å². The molecule has 1 fully saturated rings. The molecule has 0 unspecified atom stereocenters. The fraction of sp³-hybridized carbons (Fsp3) is 0.500. The molecule has 0 radical (unpaired) electrons. The first-order valence-corrected chi connectivity index (χ1v) is 6.06.